The molecule has 0 fully saturated rings. The lowest BCUT2D eigenvalue weighted by atomic mass is 10.0. The molecule has 3 nitrogen and oxygen atoms in total. The van der Waals surface area contributed by atoms with Gasteiger partial charge < -0.3 is 15.9 Å². The van der Waals surface area contributed by atoms with E-state index in [0.29, 0.717) is 11.8 Å². The molecule has 5 heteroatoms. The molecule has 84 valence electrons. The Morgan fingerprint density at radius 3 is 2.67 bits per heavy atom. The molecule has 0 aliphatic rings. The van der Waals surface area contributed by atoms with Crippen molar-refractivity contribution in [3.8, 4) is 0 Å². The largest absolute Gasteiger partial charge is 0.396 e. The topological polar surface area (TPSA) is 66.5 Å². The molecule has 0 bridgehead atoms. The van der Waals surface area contributed by atoms with Crippen LogP contribution in [0, 0.1) is 5.82 Å². The molecule has 0 aliphatic heterocycles. The zero-order valence-corrected chi connectivity index (χ0v) is 9.61. The van der Waals surface area contributed by atoms with E-state index in [1.807, 2.05) is 0 Å². The first-order valence-corrected chi connectivity index (χ1v) is 5.66. The van der Waals surface area contributed by atoms with Crippen molar-refractivity contribution in [3.63, 3.8) is 0 Å². The third-order valence-electron chi connectivity index (χ3n) is 2.15. The second-order valence-electron chi connectivity index (χ2n) is 3.24. The molecule has 0 aromatic heterocycles. The number of rotatable bonds is 4. The minimum Gasteiger partial charge on any atom is -0.396 e. The van der Waals surface area contributed by atoms with E-state index in [-0.39, 0.29) is 11.3 Å². The molecule has 1 aromatic rings. The molecule has 0 saturated carbocycles. The van der Waals surface area contributed by atoms with Gasteiger partial charge in [-0.05, 0) is 12.5 Å². The molecule has 2 atom stereocenters. The highest BCUT2D eigenvalue weighted by molar-refractivity contribution is 9.09. The van der Waals surface area contributed by atoms with Crippen LogP contribution in [-0.4, -0.2) is 21.6 Å². The number of hydrogen-bond donors (Lipinski definition) is 3. The third kappa shape index (κ3) is 2.90. The van der Waals surface area contributed by atoms with Crippen molar-refractivity contribution in [1.82, 2.24) is 0 Å². The molecule has 2 unspecified atom stereocenters. The Morgan fingerprint density at radius 1 is 1.40 bits per heavy atom. The van der Waals surface area contributed by atoms with E-state index >= 15 is 0 Å². The van der Waals surface area contributed by atoms with Crippen LogP contribution in [0.3, 0.4) is 0 Å². The van der Waals surface area contributed by atoms with Crippen molar-refractivity contribution in [2.24, 2.45) is 0 Å². The molecule has 0 saturated heterocycles. The van der Waals surface area contributed by atoms with Gasteiger partial charge >= 0.3 is 0 Å². The molecule has 4 N–H and O–H groups in total. The maximum Gasteiger partial charge on any atom is 0.151 e. The standard InChI is InChI=1S/C10H13BrFNO2/c11-5-4-8(14)10(15)6-2-1-3-7(13)9(6)12/h1-3,8,10,14-15H,4-5,13H2. The number of benzene rings is 1. The van der Waals surface area contributed by atoms with Gasteiger partial charge in [0.2, 0.25) is 0 Å². The minimum absolute atomic E-state index is 0.0300. The molecular formula is C10H13BrFNO2. The summed E-state index contributed by atoms with van der Waals surface area (Å²) in [5, 5.41) is 19.7. The first kappa shape index (κ1) is 12.4. The first-order chi connectivity index (χ1) is 7.07. The summed E-state index contributed by atoms with van der Waals surface area (Å²) in [6.45, 7) is 0. The molecule has 1 aromatic carbocycles. The molecule has 1 rings (SSSR count). The van der Waals surface area contributed by atoms with Crippen LogP contribution in [-0.2, 0) is 0 Å². The van der Waals surface area contributed by atoms with Crippen molar-refractivity contribution >= 4 is 21.6 Å². The van der Waals surface area contributed by atoms with Crippen molar-refractivity contribution in [2.75, 3.05) is 11.1 Å². The van der Waals surface area contributed by atoms with E-state index in [9.17, 15) is 14.6 Å². The molecule has 0 heterocycles. The fourth-order valence-corrected chi connectivity index (χ4v) is 1.74. The van der Waals surface area contributed by atoms with Gasteiger partial charge in [-0.25, -0.2) is 4.39 Å². The van der Waals surface area contributed by atoms with E-state index in [1.54, 1.807) is 0 Å². The van der Waals surface area contributed by atoms with Gasteiger partial charge in [0.15, 0.2) is 5.82 Å². The Hall–Kier alpha value is -0.650. The van der Waals surface area contributed by atoms with Crippen molar-refractivity contribution in [1.29, 1.82) is 0 Å². The highest BCUT2D eigenvalue weighted by Crippen LogP contribution is 2.25. The zero-order valence-electron chi connectivity index (χ0n) is 8.03. The van der Waals surface area contributed by atoms with E-state index in [0.717, 1.165) is 0 Å². The Morgan fingerprint density at radius 2 is 2.07 bits per heavy atom. The molecule has 0 radical (unpaired) electrons. The number of alkyl halides is 1. The number of halogens is 2. The van der Waals surface area contributed by atoms with E-state index in [1.165, 1.54) is 18.2 Å². The highest BCUT2D eigenvalue weighted by Gasteiger charge is 2.21. The van der Waals surface area contributed by atoms with Crippen LogP contribution in [0.5, 0.6) is 0 Å². The van der Waals surface area contributed by atoms with Crippen LogP contribution in [0.2, 0.25) is 0 Å². The lowest BCUT2D eigenvalue weighted by molar-refractivity contribution is 0.0153. The monoisotopic (exact) mass is 277 g/mol. The summed E-state index contributed by atoms with van der Waals surface area (Å²) in [4.78, 5) is 0. The molecular weight excluding hydrogens is 265 g/mol. The SMILES string of the molecule is Nc1cccc(C(O)C(O)CCBr)c1F. The van der Waals surface area contributed by atoms with Gasteiger partial charge in [-0.2, -0.15) is 0 Å². The van der Waals surface area contributed by atoms with Crippen LogP contribution in [0.1, 0.15) is 18.1 Å². The lowest BCUT2D eigenvalue weighted by Crippen LogP contribution is -2.20. The summed E-state index contributed by atoms with van der Waals surface area (Å²) in [6, 6.07) is 4.36. The van der Waals surface area contributed by atoms with Crippen molar-refractivity contribution in [2.45, 2.75) is 18.6 Å². The van der Waals surface area contributed by atoms with Crippen LogP contribution < -0.4 is 5.73 Å². The second-order valence-corrected chi connectivity index (χ2v) is 4.03. The average Bonchev–Trinajstić information content (AvgIpc) is 2.21. The number of hydrogen-bond acceptors (Lipinski definition) is 3. The van der Waals surface area contributed by atoms with Crippen LogP contribution in [0.15, 0.2) is 18.2 Å². The zero-order chi connectivity index (χ0) is 11.4. The van der Waals surface area contributed by atoms with Gasteiger partial charge in [-0.3, -0.25) is 0 Å². The normalized spacial score (nSPS) is 14.9. The summed E-state index contributed by atoms with van der Waals surface area (Å²) in [5.74, 6) is -0.668. The maximum atomic E-state index is 13.4. The van der Waals surface area contributed by atoms with Gasteiger partial charge in [0.25, 0.3) is 0 Å². The average molecular weight is 278 g/mol. The number of anilines is 1. The number of aliphatic hydroxyl groups is 2. The van der Waals surface area contributed by atoms with Crippen molar-refractivity contribution < 1.29 is 14.6 Å². The van der Waals surface area contributed by atoms with E-state index in [4.69, 9.17) is 5.73 Å². The minimum atomic E-state index is -1.24. The van der Waals surface area contributed by atoms with Gasteiger partial charge in [0, 0.05) is 10.9 Å². The second kappa shape index (κ2) is 5.44. The Balaban J connectivity index is 2.90. The Kier molecular flexibility index (Phi) is 4.50. The Bertz CT molecular complexity index is 335. The summed E-state index contributed by atoms with van der Waals surface area (Å²) in [6.07, 6.45) is -1.90. The van der Waals surface area contributed by atoms with E-state index < -0.39 is 18.0 Å². The van der Waals surface area contributed by atoms with Gasteiger partial charge in [-0.1, -0.05) is 28.1 Å². The van der Waals surface area contributed by atoms with Gasteiger partial charge in [0.1, 0.15) is 6.10 Å². The highest BCUT2D eigenvalue weighted by atomic mass is 79.9. The summed E-state index contributed by atoms with van der Waals surface area (Å²) in [7, 11) is 0. The summed E-state index contributed by atoms with van der Waals surface area (Å²) in [5.41, 5.74) is 5.36. The summed E-state index contributed by atoms with van der Waals surface area (Å²) >= 11 is 3.13. The number of nitrogen functional groups attached to an aromatic ring is 1. The summed E-state index contributed by atoms with van der Waals surface area (Å²) < 4.78 is 13.4. The fourth-order valence-electron chi connectivity index (χ4n) is 1.27. The fraction of sp³-hybridized carbons (Fsp3) is 0.400. The van der Waals surface area contributed by atoms with Gasteiger partial charge in [-0.15, -0.1) is 0 Å². The maximum absolute atomic E-state index is 13.4. The molecule has 15 heavy (non-hydrogen) atoms. The van der Waals surface area contributed by atoms with E-state index in [2.05, 4.69) is 15.9 Å². The lowest BCUT2D eigenvalue weighted by Gasteiger charge is -2.18. The molecule has 0 amide bonds. The van der Waals surface area contributed by atoms with Crippen LogP contribution in [0.4, 0.5) is 10.1 Å². The third-order valence-corrected chi connectivity index (χ3v) is 2.60. The number of nitrogens with two attached hydrogens (primary N) is 1. The number of aliphatic hydroxyl groups excluding tert-OH is 2. The predicted molar refractivity (Wildman–Crippen MR) is 60.2 cm³/mol. The molecule has 0 aliphatic carbocycles. The smallest absolute Gasteiger partial charge is 0.151 e. The first-order valence-electron chi connectivity index (χ1n) is 4.54. The van der Waals surface area contributed by atoms with Gasteiger partial charge in [0.05, 0.1) is 11.8 Å². The Labute approximate surface area is 95.9 Å². The van der Waals surface area contributed by atoms with Crippen LogP contribution >= 0.6 is 15.9 Å². The quantitative estimate of drug-likeness (QED) is 0.578. The molecule has 0 spiro atoms. The van der Waals surface area contributed by atoms with Crippen molar-refractivity contribution in [3.05, 3.63) is 29.6 Å². The predicted octanol–water partition coefficient (Wildman–Crippen LogP) is 1.59. The van der Waals surface area contributed by atoms with Crippen LogP contribution in [0.25, 0.3) is 0 Å².